The Bertz CT molecular complexity index is 1050. The summed E-state index contributed by atoms with van der Waals surface area (Å²) in [5.74, 6) is -0.477. The van der Waals surface area contributed by atoms with Crippen molar-refractivity contribution in [3.63, 3.8) is 0 Å². The summed E-state index contributed by atoms with van der Waals surface area (Å²) in [4.78, 5) is 37.4. The molecule has 0 aliphatic carbocycles. The highest BCUT2D eigenvalue weighted by molar-refractivity contribution is 6.06. The number of carbonyl (C=O) groups excluding carboxylic acids is 3. The van der Waals surface area contributed by atoms with Crippen molar-refractivity contribution in [3.8, 4) is 0 Å². The van der Waals surface area contributed by atoms with Gasteiger partial charge >= 0.3 is 0 Å². The van der Waals surface area contributed by atoms with E-state index < -0.39 is 0 Å². The smallest absolute Gasteiger partial charge is 0.258 e. The first kappa shape index (κ1) is 21.6. The summed E-state index contributed by atoms with van der Waals surface area (Å²) in [6.07, 6.45) is 0. The van der Waals surface area contributed by atoms with Crippen LogP contribution in [0.3, 0.4) is 0 Å². The molecule has 0 radical (unpaired) electrons. The molecule has 3 aromatic carbocycles. The van der Waals surface area contributed by atoms with Crippen LogP contribution in [0.4, 0.5) is 22.7 Å². The topological polar surface area (TPSA) is 90.5 Å². The first-order valence-corrected chi connectivity index (χ1v) is 9.77. The van der Waals surface area contributed by atoms with E-state index in [0.717, 1.165) is 11.4 Å². The van der Waals surface area contributed by atoms with Crippen molar-refractivity contribution < 1.29 is 14.4 Å². The first-order valence-electron chi connectivity index (χ1n) is 9.77. The molecule has 0 saturated heterocycles. The number of nitrogens with zero attached hydrogens (tertiary/aromatic N) is 1. The SMILES string of the molecule is CC(=O)Nc1ccc(NC(=O)CNc2ccc(C(=O)N(C)c3ccccc3)cc2)cc1. The maximum atomic E-state index is 12.6. The Morgan fingerprint density at radius 2 is 1.29 bits per heavy atom. The second kappa shape index (κ2) is 10.1. The molecule has 0 aliphatic rings. The number of para-hydroxylation sites is 1. The fourth-order valence-electron chi connectivity index (χ4n) is 2.92. The number of benzene rings is 3. The van der Waals surface area contributed by atoms with Crippen molar-refractivity contribution in [3.05, 3.63) is 84.4 Å². The van der Waals surface area contributed by atoms with Crippen molar-refractivity contribution in [1.82, 2.24) is 0 Å². The van der Waals surface area contributed by atoms with Crippen molar-refractivity contribution in [2.45, 2.75) is 6.92 Å². The Morgan fingerprint density at radius 3 is 1.87 bits per heavy atom. The third kappa shape index (κ3) is 6.17. The summed E-state index contributed by atoms with van der Waals surface area (Å²) in [5.41, 5.74) is 3.40. The van der Waals surface area contributed by atoms with E-state index in [0.29, 0.717) is 16.9 Å². The zero-order valence-electron chi connectivity index (χ0n) is 17.4. The molecule has 3 aromatic rings. The Labute approximate surface area is 181 Å². The minimum absolute atomic E-state index is 0.0741. The second-order valence-electron chi connectivity index (χ2n) is 6.94. The molecular formula is C24H24N4O3. The fourth-order valence-corrected chi connectivity index (χ4v) is 2.92. The van der Waals surface area contributed by atoms with Crippen LogP contribution in [0.1, 0.15) is 17.3 Å². The lowest BCUT2D eigenvalue weighted by Gasteiger charge is -2.17. The maximum absolute atomic E-state index is 12.6. The number of anilines is 4. The molecule has 31 heavy (non-hydrogen) atoms. The van der Waals surface area contributed by atoms with E-state index in [-0.39, 0.29) is 24.3 Å². The van der Waals surface area contributed by atoms with Crippen LogP contribution >= 0.6 is 0 Å². The predicted molar refractivity (Wildman–Crippen MR) is 123 cm³/mol. The number of amides is 3. The van der Waals surface area contributed by atoms with E-state index in [2.05, 4.69) is 16.0 Å². The van der Waals surface area contributed by atoms with Crippen LogP contribution in [0.5, 0.6) is 0 Å². The largest absolute Gasteiger partial charge is 0.376 e. The lowest BCUT2D eigenvalue weighted by Crippen LogP contribution is -2.26. The van der Waals surface area contributed by atoms with Gasteiger partial charge < -0.3 is 20.9 Å². The van der Waals surface area contributed by atoms with Crippen LogP contribution in [-0.4, -0.2) is 31.3 Å². The summed E-state index contributed by atoms with van der Waals surface area (Å²) in [7, 11) is 1.73. The zero-order chi connectivity index (χ0) is 22.2. The normalized spacial score (nSPS) is 10.1. The van der Waals surface area contributed by atoms with Crippen LogP contribution in [0.25, 0.3) is 0 Å². The number of nitrogens with one attached hydrogen (secondary N) is 3. The lowest BCUT2D eigenvalue weighted by molar-refractivity contribution is -0.115. The van der Waals surface area contributed by atoms with Gasteiger partial charge in [-0.15, -0.1) is 0 Å². The highest BCUT2D eigenvalue weighted by atomic mass is 16.2. The number of hydrogen-bond acceptors (Lipinski definition) is 4. The van der Waals surface area contributed by atoms with E-state index in [4.69, 9.17) is 0 Å². The molecule has 0 unspecified atom stereocenters. The van der Waals surface area contributed by atoms with E-state index in [1.807, 2.05) is 30.3 Å². The van der Waals surface area contributed by atoms with Gasteiger partial charge in [0.15, 0.2) is 0 Å². The molecule has 0 aromatic heterocycles. The molecule has 7 heteroatoms. The minimum Gasteiger partial charge on any atom is -0.376 e. The Morgan fingerprint density at radius 1 is 0.742 bits per heavy atom. The van der Waals surface area contributed by atoms with Gasteiger partial charge in [0.25, 0.3) is 5.91 Å². The molecule has 158 valence electrons. The van der Waals surface area contributed by atoms with Gasteiger partial charge in [0.05, 0.1) is 6.54 Å². The summed E-state index contributed by atoms with van der Waals surface area (Å²) in [6.45, 7) is 1.51. The van der Waals surface area contributed by atoms with Crippen LogP contribution in [0, 0.1) is 0 Å². The van der Waals surface area contributed by atoms with Gasteiger partial charge in [-0.3, -0.25) is 14.4 Å². The summed E-state index contributed by atoms with van der Waals surface area (Å²) < 4.78 is 0. The molecule has 0 spiro atoms. The molecule has 0 heterocycles. The van der Waals surface area contributed by atoms with Crippen molar-refractivity contribution in [1.29, 1.82) is 0 Å². The lowest BCUT2D eigenvalue weighted by atomic mass is 10.1. The highest BCUT2D eigenvalue weighted by Gasteiger charge is 2.13. The summed E-state index contributed by atoms with van der Waals surface area (Å²) in [5, 5.41) is 8.49. The Balaban J connectivity index is 1.51. The minimum atomic E-state index is -0.212. The average molecular weight is 416 g/mol. The standard InChI is InChI=1S/C24H24N4O3/c1-17(29)26-20-12-14-21(15-13-20)27-23(30)16-25-19-10-8-18(9-11-19)24(31)28(2)22-6-4-3-5-7-22/h3-15,25H,16H2,1-2H3,(H,26,29)(H,27,30). The number of carbonyl (C=O) groups is 3. The quantitative estimate of drug-likeness (QED) is 0.544. The van der Waals surface area contributed by atoms with Crippen molar-refractivity contribution >= 4 is 40.5 Å². The molecule has 0 saturated carbocycles. The Hall–Kier alpha value is -4.13. The van der Waals surface area contributed by atoms with Gasteiger partial charge in [-0.25, -0.2) is 0 Å². The van der Waals surface area contributed by atoms with Gasteiger partial charge in [0, 0.05) is 42.3 Å². The fraction of sp³-hybridized carbons (Fsp3) is 0.125. The highest BCUT2D eigenvalue weighted by Crippen LogP contribution is 2.17. The Kier molecular flexibility index (Phi) is 7.01. The first-order chi connectivity index (χ1) is 14.9. The molecule has 0 atom stereocenters. The monoisotopic (exact) mass is 416 g/mol. The number of hydrogen-bond donors (Lipinski definition) is 3. The van der Waals surface area contributed by atoms with Gasteiger partial charge in [0.2, 0.25) is 11.8 Å². The molecule has 3 N–H and O–H groups in total. The maximum Gasteiger partial charge on any atom is 0.258 e. The molecule has 0 fully saturated rings. The summed E-state index contributed by atoms with van der Waals surface area (Å²) in [6, 6.07) is 23.3. The zero-order valence-corrected chi connectivity index (χ0v) is 17.4. The summed E-state index contributed by atoms with van der Waals surface area (Å²) >= 11 is 0. The number of rotatable bonds is 7. The van der Waals surface area contributed by atoms with Gasteiger partial charge in [-0.05, 0) is 60.7 Å². The second-order valence-corrected chi connectivity index (χ2v) is 6.94. The van der Waals surface area contributed by atoms with Crippen LogP contribution in [0.15, 0.2) is 78.9 Å². The van der Waals surface area contributed by atoms with Crippen LogP contribution in [-0.2, 0) is 9.59 Å². The van der Waals surface area contributed by atoms with E-state index >= 15 is 0 Å². The van der Waals surface area contributed by atoms with Crippen molar-refractivity contribution in [2.24, 2.45) is 0 Å². The van der Waals surface area contributed by atoms with Gasteiger partial charge in [-0.1, -0.05) is 18.2 Å². The molecular weight excluding hydrogens is 392 g/mol. The van der Waals surface area contributed by atoms with E-state index in [9.17, 15) is 14.4 Å². The third-order valence-corrected chi connectivity index (χ3v) is 4.52. The van der Waals surface area contributed by atoms with Crippen LogP contribution in [0.2, 0.25) is 0 Å². The van der Waals surface area contributed by atoms with Crippen LogP contribution < -0.4 is 20.9 Å². The van der Waals surface area contributed by atoms with E-state index in [1.165, 1.54) is 6.92 Å². The van der Waals surface area contributed by atoms with Gasteiger partial charge in [-0.2, -0.15) is 0 Å². The average Bonchev–Trinajstić information content (AvgIpc) is 2.78. The molecule has 0 aliphatic heterocycles. The van der Waals surface area contributed by atoms with Crippen molar-refractivity contribution in [2.75, 3.05) is 34.4 Å². The third-order valence-electron chi connectivity index (χ3n) is 4.52. The van der Waals surface area contributed by atoms with E-state index in [1.54, 1.807) is 60.5 Å². The molecule has 3 amide bonds. The van der Waals surface area contributed by atoms with Gasteiger partial charge in [0.1, 0.15) is 0 Å². The molecule has 3 rings (SSSR count). The molecule has 0 bridgehead atoms. The molecule has 7 nitrogen and oxygen atoms in total. The predicted octanol–water partition coefficient (Wildman–Crippen LogP) is 3.97.